The summed E-state index contributed by atoms with van der Waals surface area (Å²) >= 11 is 0. The molecule has 0 atom stereocenters. The summed E-state index contributed by atoms with van der Waals surface area (Å²) < 4.78 is 5.36. The number of hydrogen-bond donors (Lipinski definition) is 1. The predicted molar refractivity (Wildman–Crippen MR) is 51.8 cm³/mol. The Hall–Kier alpha value is -0.120. The largest absolute Gasteiger partial charge is 0.375 e. The molecule has 1 fully saturated rings. The fourth-order valence-electron chi connectivity index (χ4n) is 1.54. The van der Waals surface area contributed by atoms with Crippen LogP contribution in [0.1, 0.15) is 33.6 Å². The van der Waals surface area contributed by atoms with E-state index < -0.39 is 0 Å². The second kappa shape index (κ2) is 5.51. The molecule has 0 aromatic rings. The molecule has 1 heterocycles. The molecule has 0 spiro atoms. The molecular formula is C9H22N2O. The van der Waals surface area contributed by atoms with Gasteiger partial charge in [0.15, 0.2) is 0 Å². The molecule has 0 radical (unpaired) electrons. The van der Waals surface area contributed by atoms with Crippen LogP contribution in [0.3, 0.4) is 0 Å². The Balaban J connectivity index is 0.000000561. The summed E-state index contributed by atoms with van der Waals surface area (Å²) in [5.41, 5.74) is 0.0868. The zero-order valence-electron chi connectivity index (χ0n) is 8.76. The van der Waals surface area contributed by atoms with Crippen molar-refractivity contribution in [2.75, 3.05) is 20.2 Å². The Morgan fingerprint density at radius 1 is 1.42 bits per heavy atom. The molecule has 0 bridgehead atoms. The minimum absolute atomic E-state index is 0.0868. The van der Waals surface area contributed by atoms with E-state index >= 15 is 0 Å². The van der Waals surface area contributed by atoms with E-state index in [1.54, 1.807) is 12.1 Å². The van der Waals surface area contributed by atoms with Crippen LogP contribution in [0.25, 0.3) is 0 Å². The smallest absolute Gasteiger partial charge is 0.0958 e. The third-order valence-corrected chi connectivity index (χ3v) is 2.12. The van der Waals surface area contributed by atoms with Crippen molar-refractivity contribution >= 4 is 0 Å². The Bertz CT molecular complexity index is 106. The zero-order chi connectivity index (χ0) is 9.61. The highest BCUT2D eigenvalue weighted by Crippen LogP contribution is 2.26. The lowest BCUT2D eigenvalue weighted by atomic mass is 9.91. The minimum atomic E-state index is 0.0868. The molecule has 0 unspecified atom stereocenters. The molecule has 1 aliphatic rings. The van der Waals surface area contributed by atoms with Gasteiger partial charge >= 0.3 is 0 Å². The van der Waals surface area contributed by atoms with Gasteiger partial charge in [0.2, 0.25) is 0 Å². The topological polar surface area (TPSA) is 38.5 Å². The molecule has 12 heavy (non-hydrogen) atoms. The van der Waals surface area contributed by atoms with E-state index in [9.17, 15) is 0 Å². The number of hydrogen-bond acceptors (Lipinski definition) is 3. The van der Waals surface area contributed by atoms with E-state index in [2.05, 4.69) is 6.92 Å². The highest BCUT2D eigenvalue weighted by Gasteiger charge is 2.40. The van der Waals surface area contributed by atoms with Crippen molar-refractivity contribution in [1.29, 1.82) is 0 Å². The number of rotatable bonds is 3. The van der Waals surface area contributed by atoms with Crippen molar-refractivity contribution in [1.82, 2.24) is 5.01 Å². The monoisotopic (exact) mass is 174 g/mol. The summed E-state index contributed by atoms with van der Waals surface area (Å²) in [5, 5.41) is 1.79. The van der Waals surface area contributed by atoms with Gasteiger partial charge in [-0.1, -0.05) is 27.2 Å². The van der Waals surface area contributed by atoms with Crippen LogP contribution in [0.4, 0.5) is 0 Å². The molecule has 1 rings (SSSR count). The average Bonchev–Trinajstić information content (AvgIpc) is 2.05. The number of hydrazine groups is 1. The second-order valence-electron chi connectivity index (χ2n) is 3.04. The summed E-state index contributed by atoms with van der Waals surface area (Å²) in [4.78, 5) is 0. The van der Waals surface area contributed by atoms with Crippen molar-refractivity contribution < 1.29 is 4.74 Å². The Morgan fingerprint density at radius 3 is 2.17 bits per heavy atom. The first-order chi connectivity index (χ1) is 5.72. The molecule has 0 aliphatic carbocycles. The van der Waals surface area contributed by atoms with Crippen LogP contribution in [0.5, 0.6) is 0 Å². The lowest BCUT2D eigenvalue weighted by Gasteiger charge is -2.46. The lowest BCUT2D eigenvalue weighted by molar-refractivity contribution is -0.129. The summed E-state index contributed by atoms with van der Waals surface area (Å²) in [6, 6.07) is 0. The van der Waals surface area contributed by atoms with Crippen LogP contribution in [-0.2, 0) is 4.74 Å². The van der Waals surface area contributed by atoms with E-state index in [-0.39, 0.29) is 5.60 Å². The van der Waals surface area contributed by atoms with E-state index in [4.69, 9.17) is 10.6 Å². The van der Waals surface area contributed by atoms with Gasteiger partial charge < -0.3 is 4.74 Å². The molecule has 0 amide bonds. The molecule has 74 valence electrons. The van der Waals surface area contributed by atoms with Crippen LogP contribution in [0.2, 0.25) is 0 Å². The fourth-order valence-corrected chi connectivity index (χ4v) is 1.54. The normalized spacial score (nSPS) is 20.8. The molecule has 3 nitrogen and oxygen atoms in total. The van der Waals surface area contributed by atoms with Gasteiger partial charge in [-0.2, -0.15) is 0 Å². The quantitative estimate of drug-likeness (QED) is 0.657. The standard InChI is InChI=1S/C7H16N2O.C2H6/c1-3-4-7(10-2)5-9(8)6-7;1-2/h3-6,8H2,1-2H3;1-2H3. The van der Waals surface area contributed by atoms with Crippen LogP contribution in [0, 0.1) is 0 Å². The number of nitrogens with zero attached hydrogens (tertiary/aromatic N) is 1. The van der Waals surface area contributed by atoms with Crippen LogP contribution in [-0.4, -0.2) is 30.8 Å². The maximum atomic E-state index is 5.51. The maximum Gasteiger partial charge on any atom is 0.0958 e. The predicted octanol–water partition coefficient (Wildman–Crippen LogP) is 1.39. The van der Waals surface area contributed by atoms with Crippen molar-refractivity contribution in [3.63, 3.8) is 0 Å². The van der Waals surface area contributed by atoms with E-state index in [1.807, 2.05) is 13.8 Å². The number of nitrogens with two attached hydrogens (primary N) is 1. The first-order valence-corrected chi connectivity index (χ1v) is 4.77. The highest BCUT2D eigenvalue weighted by molar-refractivity contribution is 4.93. The Labute approximate surface area is 75.8 Å². The van der Waals surface area contributed by atoms with E-state index in [1.165, 1.54) is 6.42 Å². The third-order valence-electron chi connectivity index (χ3n) is 2.12. The van der Waals surface area contributed by atoms with E-state index in [0.717, 1.165) is 19.5 Å². The first-order valence-electron chi connectivity index (χ1n) is 4.77. The minimum Gasteiger partial charge on any atom is -0.375 e. The summed E-state index contributed by atoms with van der Waals surface area (Å²) in [6.07, 6.45) is 2.29. The molecule has 1 aliphatic heterocycles. The van der Waals surface area contributed by atoms with Crippen molar-refractivity contribution in [3.05, 3.63) is 0 Å². The maximum absolute atomic E-state index is 5.51. The highest BCUT2D eigenvalue weighted by atomic mass is 16.5. The van der Waals surface area contributed by atoms with Gasteiger partial charge in [0.1, 0.15) is 0 Å². The molecule has 0 aromatic heterocycles. The number of ether oxygens (including phenoxy) is 1. The van der Waals surface area contributed by atoms with Crippen molar-refractivity contribution in [2.24, 2.45) is 5.84 Å². The lowest BCUT2D eigenvalue weighted by Crippen LogP contribution is -2.65. The van der Waals surface area contributed by atoms with Gasteiger partial charge in [0.05, 0.1) is 5.60 Å². The van der Waals surface area contributed by atoms with Gasteiger partial charge in [0.25, 0.3) is 0 Å². The van der Waals surface area contributed by atoms with Crippen LogP contribution < -0.4 is 5.84 Å². The van der Waals surface area contributed by atoms with Gasteiger partial charge in [-0.15, -0.1) is 0 Å². The van der Waals surface area contributed by atoms with Gasteiger partial charge in [-0.3, -0.25) is 5.84 Å². The Kier molecular flexibility index (Phi) is 5.46. The first kappa shape index (κ1) is 11.9. The average molecular weight is 174 g/mol. The van der Waals surface area contributed by atoms with Crippen LogP contribution >= 0.6 is 0 Å². The summed E-state index contributed by atoms with van der Waals surface area (Å²) in [5.74, 6) is 5.51. The third kappa shape index (κ3) is 2.73. The molecule has 0 saturated carbocycles. The molecule has 0 aromatic carbocycles. The van der Waals surface area contributed by atoms with Crippen molar-refractivity contribution in [3.8, 4) is 0 Å². The van der Waals surface area contributed by atoms with Gasteiger partial charge in [-0.05, 0) is 6.42 Å². The summed E-state index contributed by atoms with van der Waals surface area (Å²) in [6.45, 7) is 7.94. The zero-order valence-corrected chi connectivity index (χ0v) is 8.76. The molecular weight excluding hydrogens is 152 g/mol. The van der Waals surface area contributed by atoms with Crippen molar-refractivity contribution in [2.45, 2.75) is 39.2 Å². The molecule has 2 N–H and O–H groups in total. The molecule has 3 heteroatoms. The van der Waals surface area contributed by atoms with Gasteiger partial charge in [-0.25, -0.2) is 5.01 Å². The number of methoxy groups -OCH3 is 1. The van der Waals surface area contributed by atoms with Gasteiger partial charge in [0, 0.05) is 20.2 Å². The molecule has 1 saturated heterocycles. The summed E-state index contributed by atoms with van der Waals surface area (Å²) in [7, 11) is 1.77. The second-order valence-corrected chi connectivity index (χ2v) is 3.04. The van der Waals surface area contributed by atoms with E-state index in [0.29, 0.717) is 0 Å². The Morgan fingerprint density at radius 2 is 1.92 bits per heavy atom. The van der Waals surface area contributed by atoms with Crippen LogP contribution in [0.15, 0.2) is 0 Å². The SMILES string of the molecule is CC.CCCC1(OC)CN(N)C1. The fraction of sp³-hybridized carbons (Fsp3) is 1.00.